The summed E-state index contributed by atoms with van der Waals surface area (Å²) < 4.78 is 0. The maximum Gasteiger partial charge on any atom is 0.335 e. The van der Waals surface area contributed by atoms with Crippen LogP contribution in [0.4, 0.5) is 11.4 Å². The van der Waals surface area contributed by atoms with Gasteiger partial charge < -0.3 is 15.3 Å². The number of benzene rings is 4. The lowest BCUT2D eigenvalue weighted by molar-refractivity contribution is 0.0696. The molecule has 0 aliphatic carbocycles. The number of ketones is 1. The summed E-state index contributed by atoms with van der Waals surface area (Å²) in [6, 6.07) is 29.4. The van der Waals surface area contributed by atoms with Crippen molar-refractivity contribution >= 4 is 40.8 Å². The molecule has 1 saturated heterocycles. The number of hydrogen-bond acceptors (Lipinski definition) is 7. The predicted molar refractivity (Wildman–Crippen MR) is 185 cm³/mol. The fourth-order valence-electron chi connectivity index (χ4n) is 5.57. The van der Waals surface area contributed by atoms with Gasteiger partial charge in [0.25, 0.3) is 5.91 Å². The number of carbonyl (C=O) groups is 3. The first-order valence-corrected chi connectivity index (χ1v) is 16.6. The number of rotatable bonds is 11. The predicted octanol–water partition coefficient (Wildman–Crippen LogP) is 7.80. The average Bonchev–Trinajstić information content (AvgIpc) is 3.12. The minimum atomic E-state index is -0.970. The molecule has 9 heteroatoms. The fraction of sp³-hybridized carbons (Fsp3) is 0.184. The van der Waals surface area contributed by atoms with Crippen LogP contribution in [-0.2, 0) is 12.2 Å². The maximum atomic E-state index is 13.8. The monoisotopic (exact) mass is 642 g/mol. The van der Waals surface area contributed by atoms with E-state index in [1.54, 1.807) is 36.7 Å². The third-order valence-electron chi connectivity index (χ3n) is 8.05. The molecule has 0 spiro atoms. The normalized spacial score (nSPS) is 12.8. The molecule has 5 aromatic rings. The van der Waals surface area contributed by atoms with Crippen LogP contribution in [0, 0.1) is 0 Å². The first-order valence-electron chi connectivity index (χ1n) is 15.6. The summed E-state index contributed by atoms with van der Waals surface area (Å²) in [5.41, 5.74) is 5.06. The fourth-order valence-corrected chi connectivity index (χ4v) is 6.46. The number of carboxylic acid groups (broad SMARTS) is 1. The van der Waals surface area contributed by atoms with Gasteiger partial charge in [0, 0.05) is 64.9 Å². The SMILES string of the molecule is O=C(O)c1cccc(SCc2cccc(C(=O)Nc3ccc(N4CCCCC4)cc3C(=O)Cc3cnc(-c4ccccc4)nc3)c2)c1. The second-order valence-corrected chi connectivity index (χ2v) is 12.5. The topological polar surface area (TPSA) is 112 Å². The molecule has 0 atom stereocenters. The standard InChI is InChI=1S/C38H34N4O4S/c43-35(20-27-23-39-36(40-24-27)28-10-3-1-4-11-28)33-22-31(42-17-5-2-6-18-42)15-16-34(33)41-37(44)29-12-7-9-26(19-29)25-47-32-14-8-13-30(21-32)38(45)46/h1,3-4,7-16,19,21-24H,2,5-6,17-18,20,25H2,(H,41,44)(H,45,46). The molecule has 0 radical (unpaired) electrons. The minimum absolute atomic E-state index is 0.0944. The smallest absolute Gasteiger partial charge is 0.335 e. The lowest BCUT2D eigenvalue weighted by atomic mass is 10.0. The number of aromatic nitrogens is 2. The first kappa shape index (κ1) is 31.7. The Kier molecular flexibility index (Phi) is 10.0. The molecule has 1 aromatic heterocycles. The van der Waals surface area contributed by atoms with Gasteiger partial charge in [-0.25, -0.2) is 14.8 Å². The number of piperidine rings is 1. The number of thioether (sulfide) groups is 1. The first-order chi connectivity index (χ1) is 22.9. The number of Topliss-reactive ketones (excluding diaryl/α,β-unsaturated/α-hetero) is 1. The van der Waals surface area contributed by atoms with Crippen molar-refractivity contribution in [2.45, 2.75) is 36.3 Å². The molecule has 4 aromatic carbocycles. The van der Waals surface area contributed by atoms with Crippen molar-refractivity contribution < 1.29 is 19.5 Å². The number of carbonyl (C=O) groups excluding carboxylic acids is 2. The molecule has 1 aliphatic rings. The van der Waals surface area contributed by atoms with Gasteiger partial charge in [-0.1, -0.05) is 48.5 Å². The van der Waals surface area contributed by atoms with Crippen LogP contribution in [0.25, 0.3) is 11.4 Å². The van der Waals surface area contributed by atoms with Gasteiger partial charge in [0.2, 0.25) is 0 Å². The molecule has 1 fully saturated rings. The Balaban J connectivity index is 1.20. The molecule has 0 saturated carbocycles. The maximum absolute atomic E-state index is 13.8. The number of hydrogen-bond donors (Lipinski definition) is 2. The van der Waals surface area contributed by atoms with Crippen LogP contribution in [0.5, 0.6) is 0 Å². The lowest BCUT2D eigenvalue weighted by Gasteiger charge is -2.29. The van der Waals surface area contributed by atoms with E-state index in [9.17, 15) is 19.5 Å². The zero-order valence-electron chi connectivity index (χ0n) is 25.8. The van der Waals surface area contributed by atoms with Crippen molar-refractivity contribution in [1.82, 2.24) is 9.97 Å². The van der Waals surface area contributed by atoms with E-state index in [-0.39, 0.29) is 23.7 Å². The molecule has 1 amide bonds. The highest BCUT2D eigenvalue weighted by Gasteiger charge is 2.20. The summed E-state index contributed by atoms with van der Waals surface area (Å²) in [7, 11) is 0. The Labute approximate surface area is 277 Å². The van der Waals surface area contributed by atoms with Gasteiger partial charge in [0.05, 0.1) is 11.3 Å². The van der Waals surface area contributed by atoms with Crippen molar-refractivity contribution in [3.63, 3.8) is 0 Å². The second kappa shape index (κ2) is 14.9. The molecule has 2 N–H and O–H groups in total. The van der Waals surface area contributed by atoms with Gasteiger partial charge >= 0.3 is 5.97 Å². The van der Waals surface area contributed by atoms with E-state index < -0.39 is 5.97 Å². The summed E-state index contributed by atoms with van der Waals surface area (Å²) in [6.45, 7) is 1.86. The lowest BCUT2D eigenvalue weighted by Crippen LogP contribution is -2.29. The van der Waals surface area contributed by atoms with Gasteiger partial charge in [-0.3, -0.25) is 9.59 Å². The number of nitrogens with zero attached hydrogens (tertiary/aromatic N) is 3. The van der Waals surface area contributed by atoms with E-state index in [1.165, 1.54) is 18.2 Å². The number of nitrogens with one attached hydrogen (secondary N) is 1. The highest BCUT2D eigenvalue weighted by molar-refractivity contribution is 7.98. The highest BCUT2D eigenvalue weighted by Crippen LogP contribution is 2.29. The van der Waals surface area contributed by atoms with E-state index in [4.69, 9.17) is 0 Å². The van der Waals surface area contributed by atoms with Gasteiger partial charge in [-0.15, -0.1) is 11.8 Å². The third kappa shape index (κ3) is 8.12. The van der Waals surface area contributed by atoms with Crippen molar-refractivity contribution in [2.75, 3.05) is 23.3 Å². The van der Waals surface area contributed by atoms with Gasteiger partial charge in [-0.2, -0.15) is 0 Å². The van der Waals surface area contributed by atoms with Crippen LogP contribution < -0.4 is 10.2 Å². The Morgan fingerprint density at radius 1 is 0.766 bits per heavy atom. The highest BCUT2D eigenvalue weighted by atomic mass is 32.2. The van der Waals surface area contributed by atoms with Crippen molar-refractivity contribution in [3.05, 3.63) is 137 Å². The van der Waals surface area contributed by atoms with Crippen LogP contribution >= 0.6 is 11.8 Å². The molecule has 1 aliphatic heterocycles. The van der Waals surface area contributed by atoms with Crippen molar-refractivity contribution in [3.8, 4) is 11.4 Å². The summed E-state index contributed by atoms with van der Waals surface area (Å²) in [5.74, 6) is -0.272. The van der Waals surface area contributed by atoms with Crippen LogP contribution in [-0.4, -0.2) is 45.8 Å². The largest absolute Gasteiger partial charge is 0.478 e. The summed E-state index contributed by atoms with van der Waals surface area (Å²) >= 11 is 1.50. The number of anilines is 2. The Morgan fingerprint density at radius 3 is 2.28 bits per heavy atom. The zero-order valence-corrected chi connectivity index (χ0v) is 26.6. The van der Waals surface area contributed by atoms with Crippen molar-refractivity contribution in [2.24, 2.45) is 0 Å². The molecular weight excluding hydrogens is 609 g/mol. The zero-order chi connectivity index (χ0) is 32.6. The van der Waals surface area contributed by atoms with E-state index in [0.717, 1.165) is 47.6 Å². The average molecular weight is 643 g/mol. The van der Waals surface area contributed by atoms with Gasteiger partial charge in [0.15, 0.2) is 11.6 Å². The van der Waals surface area contributed by atoms with E-state index in [0.29, 0.717) is 34.0 Å². The van der Waals surface area contributed by atoms with Crippen LogP contribution in [0.3, 0.4) is 0 Å². The second-order valence-electron chi connectivity index (χ2n) is 11.4. The Morgan fingerprint density at radius 2 is 1.51 bits per heavy atom. The Hall–Kier alpha value is -5.28. The third-order valence-corrected chi connectivity index (χ3v) is 9.12. The molecule has 6 rings (SSSR count). The minimum Gasteiger partial charge on any atom is -0.478 e. The van der Waals surface area contributed by atoms with Crippen LogP contribution in [0.1, 0.15) is 61.5 Å². The van der Waals surface area contributed by atoms with Gasteiger partial charge in [-0.05, 0) is 78.9 Å². The van der Waals surface area contributed by atoms with E-state index >= 15 is 0 Å². The molecular formula is C38H34N4O4S. The van der Waals surface area contributed by atoms with Crippen LogP contribution in [0.2, 0.25) is 0 Å². The van der Waals surface area contributed by atoms with E-state index in [2.05, 4.69) is 20.2 Å². The molecule has 236 valence electrons. The van der Waals surface area contributed by atoms with E-state index in [1.807, 2.05) is 72.8 Å². The number of amides is 1. The molecule has 0 bridgehead atoms. The van der Waals surface area contributed by atoms with Gasteiger partial charge in [0.1, 0.15) is 0 Å². The Bertz CT molecular complexity index is 1890. The van der Waals surface area contributed by atoms with Crippen molar-refractivity contribution in [1.29, 1.82) is 0 Å². The summed E-state index contributed by atoms with van der Waals surface area (Å²) in [5, 5.41) is 12.3. The number of carboxylic acids is 1. The van der Waals surface area contributed by atoms with Crippen LogP contribution in [0.15, 0.2) is 114 Å². The summed E-state index contributed by atoms with van der Waals surface area (Å²) in [4.78, 5) is 50.8. The molecule has 47 heavy (non-hydrogen) atoms. The molecule has 0 unspecified atom stereocenters. The molecule has 2 heterocycles. The summed E-state index contributed by atoms with van der Waals surface area (Å²) in [6.07, 6.45) is 6.86. The molecule has 8 nitrogen and oxygen atoms in total. The quantitative estimate of drug-likeness (QED) is 0.111. The number of aromatic carboxylic acids is 1.